The maximum atomic E-state index is 13.8. The van der Waals surface area contributed by atoms with Crippen LogP contribution < -0.4 is 16.0 Å². The van der Waals surface area contributed by atoms with Crippen LogP contribution in [0.1, 0.15) is 51.3 Å². The number of methoxy groups -OCH3 is 1. The highest BCUT2D eigenvalue weighted by Crippen LogP contribution is 2.48. The van der Waals surface area contributed by atoms with E-state index in [0.717, 1.165) is 5.39 Å². The number of fused-ring (bicyclic) bond motifs is 1. The molecule has 0 bridgehead atoms. The summed E-state index contributed by atoms with van der Waals surface area (Å²) in [4.78, 5) is 26.9. The zero-order valence-electron chi connectivity index (χ0n) is 21.7. The molecule has 0 saturated heterocycles. The van der Waals surface area contributed by atoms with Gasteiger partial charge in [-0.05, 0) is 58.6 Å². The highest BCUT2D eigenvalue weighted by molar-refractivity contribution is 7.53. The first kappa shape index (κ1) is 27.2. The van der Waals surface area contributed by atoms with Crippen LogP contribution in [0.15, 0.2) is 29.2 Å². The van der Waals surface area contributed by atoms with Crippen molar-refractivity contribution >= 4 is 24.6 Å². The molecule has 2 N–H and O–H groups in total. The second-order valence-electron chi connectivity index (χ2n) is 8.90. The average Bonchev–Trinajstić information content (AvgIpc) is 2.88. The number of hydrogen-bond acceptors (Lipinski definition) is 10. The van der Waals surface area contributed by atoms with Gasteiger partial charge in [0.15, 0.2) is 0 Å². The summed E-state index contributed by atoms with van der Waals surface area (Å²) in [6, 6.07) is 5.23. The van der Waals surface area contributed by atoms with Crippen LogP contribution in [-0.2, 0) is 18.3 Å². The van der Waals surface area contributed by atoms with Crippen LogP contribution in [0.25, 0.3) is 22.2 Å². The number of pyridine rings is 2. The Morgan fingerprint density at radius 1 is 1.11 bits per heavy atom. The number of rotatable bonds is 10. The highest BCUT2D eigenvalue weighted by atomic mass is 31.2. The molecule has 0 atom stereocenters. The van der Waals surface area contributed by atoms with Gasteiger partial charge in [-0.15, -0.1) is 0 Å². The topological polar surface area (TPSA) is 141 Å². The molecule has 0 aromatic carbocycles. The molecule has 1 aliphatic carbocycles. The van der Waals surface area contributed by atoms with Crippen molar-refractivity contribution in [3.05, 3.63) is 40.4 Å². The van der Waals surface area contributed by atoms with E-state index in [1.54, 1.807) is 43.9 Å². The smallest absolute Gasteiger partial charge is 0.356 e. The molecule has 200 valence electrons. The van der Waals surface area contributed by atoms with Crippen LogP contribution in [0.5, 0.6) is 5.88 Å². The quantitative estimate of drug-likeness (QED) is 0.372. The molecular formula is C25H34N5O6P. The lowest BCUT2D eigenvalue weighted by molar-refractivity contribution is 0.0324. The highest BCUT2D eigenvalue weighted by Gasteiger charge is 2.30. The lowest BCUT2D eigenvalue weighted by Gasteiger charge is -2.31. The maximum Gasteiger partial charge on any atom is 0.356 e. The maximum absolute atomic E-state index is 13.8. The van der Waals surface area contributed by atoms with Gasteiger partial charge in [-0.1, -0.05) is 0 Å². The van der Waals surface area contributed by atoms with E-state index in [9.17, 15) is 9.36 Å². The van der Waals surface area contributed by atoms with Gasteiger partial charge in [0.1, 0.15) is 12.0 Å². The molecule has 1 aliphatic rings. The summed E-state index contributed by atoms with van der Waals surface area (Å²) >= 11 is 0. The lowest BCUT2D eigenvalue weighted by Crippen LogP contribution is -2.32. The van der Waals surface area contributed by atoms with Gasteiger partial charge in [-0.2, -0.15) is 4.98 Å². The van der Waals surface area contributed by atoms with Gasteiger partial charge in [-0.25, -0.2) is 9.97 Å². The van der Waals surface area contributed by atoms with Crippen molar-refractivity contribution in [2.75, 3.05) is 32.4 Å². The monoisotopic (exact) mass is 531 g/mol. The van der Waals surface area contributed by atoms with Crippen molar-refractivity contribution < 1.29 is 23.1 Å². The van der Waals surface area contributed by atoms with Crippen molar-refractivity contribution in [2.45, 2.75) is 58.6 Å². The molecule has 1 saturated carbocycles. The third kappa shape index (κ3) is 6.01. The Kier molecular flexibility index (Phi) is 8.59. The van der Waals surface area contributed by atoms with Crippen LogP contribution in [0.2, 0.25) is 0 Å². The predicted octanol–water partition coefficient (Wildman–Crippen LogP) is 4.48. The molecular weight excluding hydrogens is 497 g/mol. The Morgan fingerprint density at radius 2 is 1.81 bits per heavy atom. The molecule has 0 aliphatic heterocycles. The third-order valence-electron chi connectivity index (χ3n) is 6.48. The minimum absolute atomic E-state index is 0.0875. The van der Waals surface area contributed by atoms with Gasteiger partial charge in [-0.3, -0.25) is 13.9 Å². The van der Waals surface area contributed by atoms with Gasteiger partial charge in [0.25, 0.3) is 5.56 Å². The van der Waals surface area contributed by atoms with Gasteiger partial charge < -0.3 is 24.3 Å². The number of ether oxygens (including phenoxy) is 2. The zero-order chi connectivity index (χ0) is 26.6. The Labute approximate surface area is 215 Å². The number of aromatic nitrogens is 4. The van der Waals surface area contributed by atoms with Crippen molar-refractivity contribution in [2.24, 2.45) is 0 Å². The Hall–Kier alpha value is -2.85. The molecule has 1 fully saturated rings. The molecule has 4 rings (SSSR count). The summed E-state index contributed by atoms with van der Waals surface area (Å²) in [6.07, 6.45) is 4.16. The Balaban J connectivity index is 1.63. The number of hydrogen-bond donors (Lipinski definition) is 1. The SMILES string of the molecule is CCOP(=O)(COC1CCC(n2c(=O)c(-c3ccc(OC)nc3)cc3c(C)nc(N)nc32)CC1)OCC. The lowest BCUT2D eigenvalue weighted by atomic mass is 9.92. The normalized spacial score (nSPS) is 18.3. The molecule has 0 spiro atoms. The summed E-state index contributed by atoms with van der Waals surface area (Å²) in [5.74, 6) is 0.588. The van der Waals surface area contributed by atoms with E-state index in [2.05, 4.69) is 15.0 Å². The second-order valence-corrected chi connectivity index (χ2v) is 10.9. The van der Waals surface area contributed by atoms with Crippen LogP contribution in [0.4, 0.5) is 5.95 Å². The van der Waals surface area contributed by atoms with E-state index in [1.165, 1.54) is 0 Å². The number of anilines is 1. The molecule has 3 aromatic heterocycles. The van der Waals surface area contributed by atoms with Crippen molar-refractivity contribution in [3.63, 3.8) is 0 Å². The number of aryl methyl sites for hydroxylation is 1. The predicted molar refractivity (Wildman–Crippen MR) is 141 cm³/mol. The summed E-state index contributed by atoms with van der Waals surface area (Å²) in [5, 5.41) is 0.757. The molecule has 0 amide bonds. The van der Waals surface area contributed by atoms with Crippen molar-refractivity contribution in [1.29, 1.82) is 0 Å². The van der Waals surface area contributed by atoms with Crippen LogP contribution in [-0.4, -0.2) is 52.3 Å². The molecule has 3 aromatic rings. The number of nitrogens with zero attached hydrogens (tertiary/aromatic N) is 4. The van der Waals surface area contributed by atoms with Crippen molar-refractivity contribution in [3.8, 4) is 17.0 Å². The fourth-order valence-electron chi connectivity index (χ4n) is 4.75. The van der Waals surface area contributed by atoms with E-state index in [0.29, 0.717) is 54.0 Å². The van der Waals surface area contributed by atoms with Crippen LogP contribution in [0.3, 0.4) is 0 Å². The first-order chi connectivity index (χ1) is 17.8. The van der Waals surface area contributed by atoms with E-state index < -0.39 is 7.60 Å². The van der Waals surface area contributed by atoms with Gasteiger partial charge in [0.2, 0.25) is 11.8 Å². The largest absolute Gasteiger partial charge is 0.481 e. The number of nitrogens with two attached hydrogens (primary N) is 1. The molecule has 0 radical (unpaired) electrons. The van der Waals surface area contributed by atoms with Gasteiger partial charge in [0, 0.05) is 34.8 Å². The fraction of sp³-hybridized carbons (Fsp3) is 0.520. The van der Waals surface area contributed by atoms with E-state index in [4.69, 9.17) is 24.3 Å². The molecule has 37 heavy (non-hydrogen) atoms. The molecule has 0 unspecified atom stereocenters. The fourth-order valence-corrected chi connectivity index (χ4v) is 6.15. The van der Waals surface area contributed by atoms with Crippen LogP contribution >= 0.6 is 7.60 Å². The second kappa shape index (κ2) is 11.7. The minimum atomic E-state index is -3.28. The summed E-state index contributed by atoms with van der Waals surface area (Å²) in [5.41, 5.74) is 8.20. The molecule has 11 nitrogen and oxygen atoms in total. The summed E-state index contributed by atoms with van der Waals surface area (Å²) < 4.78 is 36.3. The minimum Gasteiger partial charge on any atom is -0.481 e. The van der Waals surface area contributed by atoms with Gasteiger partial charge in [0.05, 0.1) is 32.1 Å². The standard InChI is InChI=1S/C25H34N5O6P/c1-5-35-37(32,36-6-2)15-34-19-10-8-18(9-11-19)30-23-20(16(3)28-25(26)29-23)13-21(24(30)31)17-7-12-22(33-4)27-14-17/h7,12-14,18-19H,5-6,8-11,15H2,1-4H3,(H2,26,28,29). The van der Waals surface area contributed by atoms with Crippen molar-refractivity contribution in [1.82, 2.24) is 19.5 Å². The first-order valence-corrected chi connectivity index (χ1v) is 14.2. The third-order valence-corrected chi connectivity index (χ3v) is 8.25. The number of nitrogen functional groups attached to an aromatic ring is 1. The van der Waals surface area contributed by atoms with E-state index in [-0.39, 0.29) is 43.2 Å². The summed E-state index contributed by atoms with van der Waals surface area (Å²) in [6.45, 7) is 5.97. The summed E-state index contributed by atoms with van der Waals surface area (Å²) in [7, 11) is -1.74. The Morgan fingerprint density at radius 3 is 2.41 bits per heavy atom. The average molecular weight is 532 g/mol. The zero-order valence-corrected chi connectivity index (χ0v) is 22.6. The van der Waals surface area contributed by atoms with Crippen LogP contribution in [0, 0.1) is 6.92 Å². The Bertz CT molecular complexity index is 1330. The van der Waals surface area contributed by atoms with Gasteiger partial charge >= 0.3 is 7.60 Å². The first-order valence-electron chi connectivity index (χ1n) is 12.5. The molecule has 3 heterocycles. The van der Waals surface area contributed by atoms with E-state index in [1.807, 2.05) is 13.0 Å². The van der Waals surface area contributed by atoms with E-state index >= 15 is 0 Å². The molecule has 12 heteroatoms.